The van der Waals surface area contributed by atoms with Crippen molar-refractivity contribution in [3.8, 4) is 0 Å². The monoisotopic (exact) mass is 267 g/mol. The summed E-state index contributed by atoms with van der Waals surface area (Å²) in [5, 5.41) is 7.92. The average molecular weight is 267 g/mol. The van der Waals surface area contributed by atoms with Gasteiger partial charge in [0.25, 0.3) is 0 Å². The van der Waals surface area contributed by atoms with Gasteiger partial charge in [0.05, 0.1) is 24.9 Å². The van der Waals surface area contributed by atoms with E-state index in [1.807, 2.05) is 10.9 Å². The molecule has 19 heavy (non-hydrogen) atoms. The molecule has 0 aromatic carbocycles. The molecule has 1 aromatic rings. The lowest BCUT2D eigenvalue weighted by molar-refractivity contribution is -0.00809. The van der Waals surface area contributed by atoms with Crippen LogP contribution in [0.1, 0.15) is 52.8 Å². The highest BCUT2D eigenvalue weighted by atomic mass is 16.5. The maximum Gasteiger partial charge on any atom is 0.0669 e. The highest BCUT2D eigenvalue weighted by Crippen LogP contribution is 2.11. The van der Waals surface area contributed by atoms with Crippen molar-refractivity contribution in [2.45, 2.75) is 72.7 Å². The first-order valence-electron chi connectivity index (χ1n) is 6.99. The first-order valence-corrected chi connectivity index (χ1v) is 6.99. The van der Waals surface area contributed by atoms with Crippen molar-refractivity contribution in [1.29, 1.82) is 0 Å². The molecule has 1 N–H and O–H groups in total. The summed E-state index contributed by atoms with van der Waals surface area (Å²) in [7, 11) is 0. The van der Waals surface area contributed by atoms with Crippen LogP contribution in [0, 0.1) is 6.92 Å². The van der Waals surface area contributed by atoms with E-state index < -0.39 is 0 Å². The molecule has 1 rings (SSSR count). The van der Waals surface area contributed by atoms with Crippen molar-refractivity contribution in [3.05, 3.63) is 17.5 Å². The Hall–Kier alpha value is -0.870. The van der Waals surface area contributed by atoms with Gasteiger partial charge in [-0.25, -0.2) is 0 Å². The summed E-state index contributed by atoms with van der Waals surface area (Å²) in [6.07, 6.45) is 1.95. The van der Waals surface area contributed by atoms with E-state index >= 15 is 0 Å². The molecule has 0 atom stereocenters. The van der Waals surface area contributed by atoms with Crippen LogP contribution in [-0.2, 0) is 17.8 Å². The number of rotatable bonds is 5. The molecule has 4 nitrogen and oxygen atoms in total. The van der Waals surface area contributed by atoms with Crippen molar-refractivity contribution in [1.82, 2.24) is 15.1 Å². The minimum Gasteiger partial charge on any atom is -0.374 e. The third kappa shape index (κ3) is 6.21. The first-order chi connectivity index (χ1) is 8.58. The minimum absolute atomic E-state index is 0.0856. The van der Waals surface area contributed by atoms with Gasteiger partial charge < -0.3 is 10.1 Å². The van der Waals surface area contributed by atoms with Gasteiger partial charge in [-0.1, -0.05) is 0 Å². The first kappa shape index (κ1) is 16.2. The summed E-state index contributed by atoms with van der Waals surface area (Å²) < 4.78 is 7.75. The number of nitrogens with zero attached hydrogens (tertiary/aromatic N) is 2. The van der Waals surface area contributed by atoms with Crippen molar-refractivity contribution in [2.75, 3.05) is 6.61 Å². The lowest BCUT2D eigenvalue weighted by Crippen LogP contribution is -2.35. The van der Waals surface area contributed by atoms with E-state index in [2.05, 4.69) is 58.9 Å². The topological polar surface area (TPSA) is 39.1 Å². The summed E-state index contributed by atoms with van der Waals surface area (Å²) in [4.78, 5) is 0. The van der Waals surface area contributed by atoms with Crippen LogP contribution in [0.25, 0.3) is 0 Å². The number of nitrogens with one attached hydrogen (secondary N) is 1. The molecule has 4 heteroatoms. The van der Waals surface area contributed by atoms with E-state index in [0.29, 0.717) is 6.61 Å². The standard InChI is InChI=1S/C15H29N3O/c1-12-13(10-16-14(2,3)4)11-17-18(12)8-9-19-15(5,6)7/h11,16H,8-10H2,1-7H3. The Morgan fingerprint density at radius 3 is 2.37 bits per heavy atom. The zero-order valence-electron chi connectivity index (χ0n) is 13.5. The van der Waals surface area contributed by atoms with E-state index in [1.54, 1.807) is 0 Å². The van der Waals surface area contributed by atoms with E-state index in [-0.39, 0.29) is 11.1 Å². The van der Waals surface area contributed by atoms with Crippen molar-refractivity contribution < 1.29 is 4.74 Å². The summed E-state index contributed by atoms with van der Waals surface area (Å²) in [6.45, 7) is 17.2. The largest absolute Gasteiger partial charge is 0.374 e. The van der Waals surface area contributed by atoms with Crippen LogP contribution in [0.4, 0.5) is 0 Å². The van der Waals surface area contributed by atoms with Gasteiger partial charge in [0.1, 0.15) is 0 Å². The predicted molar refractivity (Wildman–Crippen MR) is 79.3 cm³/mol. The smallest absolute Gasteiger partial charge is 0.0669 e. The van der Waals surface area contributed by atoms with Gasteiger partial charge in [0.15, 0.2) is 0 Å². The molecule has 0 radical (unpaired) electrons. The van der Waals surface area contributed by atoms with Crippen molar-refractivity contribution >= 4 is 0 Å². The summed E-state index contributed by atoms with van der Waals surface area (Å²) in [6, 6.07) is 0. The van der Waals surface area contributed by atoms with Gasteiger partial charge in [-0.3, -0.25) is 4.68 Å². The van der Waals surface area contributed by atoms with Crippen LogP contribution < -0.4 is 5.32 Å². The zero-order valence-corrected chi connectivity index (χ0v) is 13.5. The molecular formula is C15H29N3O. The lowest BCUT2D eigenvalue weighted by atomic mass is 10.1. The van der Waals surface area contributed by atoms with E-state index in [0.717, 1.165) is 13.1 Å². The van der Waals surface area contributed by atoms with Gasteiger partial charge in [-0.15, -0.1) is 0 Å². The summed E-state index contributed by atoms with van der Waals surface area (Å²) in [5.74, 6) is 0. The van der Waals surface area contributed by atoms with Crippen LogP contribution >= 0.6 is 0 Å². The molecule has 110 valence electrons. The molecule has 0 spiro atoms. The van der Waals surface area contributed by atoms with E-state index in [1.165, 1.54) is 11.3 Å². The molecule has 0 aliphatic carbocycles. The quantitative estimate of drug-likeness (QED) is 0.891. The fourth-order valence-corrected chi connectivity index (χ4v) is 1.68. The Morgan fingerprint density at radius 2 is 1.84 bits per heavy atom. The predicted octanol–water partition coefficient (Wildman–Crippen LogP) is 2.89. The number of ether oxygens (including phenoxy) is 1. The number of hydrogen-bond donors (Lipinski definition) is 1. The SMILES string of the molecule is Cc1c(CNC(C)(C)C)cnn1CCOC(C)(C)C. The van der Waals surface area contributed by atoms with Crippen LogP contribution in [-0.4, -0.2) is 27.5 Å². The Morgan fingerprint density at radius 1 is 1.21 bits per heavy atom. The molecular weight excluding hydrogens is 238 g/mol. The van der Waals surface area contributed by atoms with Crippen LogP contribution in [0.5, 0.6) is 0 Å². The van der Waals surface area contributed by atoms with Crippen molar-refractivity contribution in [3.63, 3.8) is 0 Å². The molecule has 1 aromatic heterocycles. The highest BCUT2D eigenvalue weighted by Gasteiger charge is 2.13. The van der Waals surface area contributed by atoms with Crippen LogP contribution in [0.15, 0.2) is 6.20 Å². The molecule has 0 aliphatic rings. The minimum atomic E-state index is -0.0856. The zero-order chi connectivity index (χ0) is 14.7. The maximum absolute atomic E-state index is 5.74. The van der Waals surface area contributed by atoms with Gasteiger partial charge >= 0.3 is 0 Å². The molecule has 0 aliphatic heterocycles. The second kappa shape index (κ2) is 6.06. The number of aromatic nitrogens is 2. The van der Waals surface area contributed by atoms with E-state index in [4.69, 9.17) is 4.74 Å². The van der Waals surface area contributed by atoms with Gasteiger partial charge in [0.2, 0.25) is 0 Å². The third-order valence-corrected chi connectivity index (χ3v) is 2.85. The molecule has 0 amide bonds. The third-order valence-electron chi connectivity index (χ3n) is 2.85. The molecule has 0 unspecified atom stereocenters. The van der Waals surface area contributed by atoms with Gasteiger partial charge in [0, 0.05) is 23.3 Å². The molecule has 0 bridgehead atoms. The Labute approximate surface area is 117 Å². The average Bonchev–Trinajstić information content (AvgIpc) is 2.55. The van der Waals surface area contributed by atoms with Crippen LogP contribution in [0.2, 0.25) is 0 Å². The molecule has 0 fully saturated rings. The highest BCUT2D eigenvalue weighted by molar-refractivity contribution is 5.16. The fourth-order valence-electron chi connectivity index (χ4n) is 1.68. The second-order valence-electron chi connectivity index (χ2n) is 7.04. The van der Waals surface area contributed by atoms with Gasteiger partial charge in [-0.2, -0.15) is 5.10 Å². The Bertz CT molecular complexity index is 397. The normalized spacial score (nSPS) is 13.0. The molecule has 0 saturated heterocycles. The second-order valence-corrected chi connectivity index (χ2v) is 7.04. The van der Waals surface area contributed by atoms with Crippen molar-refractivity contribution in [2.24, 2.45) is 0 Å². The molecule has 0 saturated carbocycles. The van der Waals surface area contributed by atoms with Gasteiger partial charge in [-0.05, 0) is 48.5 Å². The fraction of sp³-hybridized carbons (Fsp3) is 0.800. The molecule has 1 heterocycles. The van der Waals surface area contributed by atoms with Crippen LogP contribution in [0.3, 0.4) is 0 Å². The Balaban J connectivity index is 2.51. The number of hydrogen-bond acceptors (Lipinski definition) is 3. The summed E-state index contributed by atoms with van der Waals surface area (Å²) >= 11 is 0. The Kier molecular flexibility index (Phi) is 5.16. The lowest BCUT2D eigenvalue weighted by Gasteiger charge is -2.20. The maximum atomic E-state index is 5.74. The summed E-state index contributed by atoms with van der Waals surface area (Å²) in [5.41, 5.74) is 2.52. The van der Waals surface area contributed by atoms with E-state index in [9.17, 15) is 0 Å².